The van der Waals surface area contributed by atoms with Gasteiger partial charge < -0.3 is 5.73 Å². The lowest BCUT2D eigenvalue weighted by molar-refractivity contribution is -0.141. The Kier molecular flexibility index (Phi) is 3.10. The van der Waals surface area contributed by atoms with Gasteiger partial charge in [-0.1, -0.05) is 13.0 Å². The molecule has 1 aromatic heterocycles. The zero-order valence-electron chi connectivity index (χ0n) is 7.67. The number of hydrogen-bond donors (Lipinski definition) is 1. The smallest absolute Gasteiger partial charge is 0.323 e. The van der Waals surface area contributed by atoms with Crippen molar-refractivity contribution in [3.63, 3.8) is 0 Å². The van der Waals surface area contributed by atoms with E-state index in [9.17, 15) is 13.2 Å². The third-order valence-corrected chi connectivity index (χ3v) is 1.88. The summed E-state index contributed by atoms with van der Waals surface area (Å²) in [6, 6.07) is 3.33. The van der Waals surface area contributed by atoms with Crippen LogP contribution in [-0.4, -0.2) is 4.98 Å². The van der Waals surface area contributed by atoms with Crippen molar-refractivity contribution in [1.29, 1.82) is 0 Å². The standard InChI is InChI=1S/C9H11F3N2/c1-2-6(13)7-4-3-5-8(14-7)9(10,11)12/h3-6H,2,13H2,1H3/t6-/m1/s1. The third-order valence-electron chi connectivity index (χ3n) is 1.88. The van der Waals surface area contributed by atoms with Crippen molar-refractivity contribution in [3.05, 3.63) is 29.6 Å². The highest BCUT2D eigenvalue weighted by Gasteiger charge is 2.32. The van der Waals surface area contributed by atoms with E-state index in [1.807, 2.05) is 0 Å². The van der Waals surface area contributed by atoms with Crippen LogP contribution in [0.4, 0.5) is 13.2 Å². The van der Waals surface area contributed by atoms with Crippen molar-refractivity contribution in [2.45, 2.75) is 25.6 Å². The Balaban J connectivity index is 3.01. The summed E-state index contributed by atoms with van der Waals surface area (Å²) in [5.41, 5.74) is 4.97. The lowest BCUT2D eigenvalue weighted by Gasteiger charge is -2.11. The van der Waals surface area contributed by atoms with Gasteiger partial charge in [-0.15, -0.1) is 0 Å². The van der Waals surface area contributed by atoms with Gasteiger partial charge in [0.05, 0.1) is 5.69 Å². The second-order valence-electron chi connectivity index (χ2n) is 2.96. The Morgan fingerprint density at radius 2 is 2.07 bits per heavy atom. The number of aromatic nitrogens is 1. The summed E-state index contributed by atoms with van der Waals surface area (Å²) in [5.74, 6) is 0. The molecular weight excluding hydrogens is 193 g/mol. The summed E-state index contributed by atoms with van der Waals surface area (Å²) in [7, 11) is 0. The van der Waals surface area contributed by atoms with Crippen LogP contribution in [0.1, 0.15) is 30.8 Å². The maximum Gasteiger partial charge on any atom is 0.433 e. The molecule has 1 heterocycles. The van der Waals surface area contributed by atoms with Crippen molar-refractivity contribution in [2.24, 2.45) is 5.73 Å². The van der Waals surface area contributed by atoms with Crippen LogP contribution in [0.15, 0.2) is 18.2 Å². The molecule has 0 amide bonds. The number of nitrogens with zero attached hydrogens (tertiary/aromatic N) is 1. The summed E-state index contributed by atoms with van der Waals surface area (Å²) >= 11 is 0. The van der Waals surface area contributed by atoms with E-state index in [0.717, 1.165) is 6.07 Å². The van der Waals surface area contributed by atoms with E-state index in [1.54, 1.807) is 6.92 Å². The first-order valence-electron chi connectivity index (χ1n) is 4.25. The molecule has 0 fully saturated rings. The van der Waals surface area contributed by atoms with Gasteiger partial charge in [-0.2, -0.15) is 13.2 Å². The topological polar surface area (TPSA) is 38.9 Å². The molecule has 5 heteroatoms. The molecule has 0 spiro atoms. The second-order valence-corrected chi connectivity index (χ2v) is 2.96. The van der Waals surface area contributed by atoms with Gasteiger partial charge in [0.1, 0.15) is 5.69 Å². The monoisotopic (exact) mass is 204 g/mol. The number of rotatable bonds is 2. The van der Waals surface area contributed by atoms with Crippen LogP contribution in [0.3, 0.4) is 0 Å². The fourth-order valence-electron chi connectivity index (χ4n) is 1.02. The van der Waals surface area contributed by atoms with Crippen LogP contribution in [0.5, 0.6) is 0 Å². The van der Waals surface area contributed by atoms with E-state index < -0.39 is 17.9 Å². The van der Waals surface area contributed by atoms with Gasteiger partial charge in [0.2, 0.25) is 0 Å². The lowest BCUT2D eigenvalue weighted by Crippen LogP contribution is -2.15. The average Bonchev–Trinajstić information content (AvgIpc) is 2.15. The van der Waals surface area contributed by atoms with E-state index in [0.29, 0.717) is 6.42 Å². The largest absolute Gasteiger partial charge is 0.433 e. The normalized spacial score (nSPS) is 14.1. The minimum atomic E-state index is -4.40. The van der Waals surface area contributed by atoms with E-state index in [2.05, 4.69) is 4.98 Å². The maximum absolute atomic E-state index is 12.2. The molecule has 1 atom stereocenters. The van der Waals surface area contributed by atoms with Crippen molar-refractivity contribution in [1.82, 2.24) is 4.98 Å². The summed E-state index contributed by atoms with van der Waals surface area (Å²) < 4.78 is 36.7. The molecule has 0 bridgehead atoms. The molecule has 0 aromatic carbocycles. The Hall–Kier alpha value is -1.10. The van der Waals surface area contributed by atoms with E-state index in [4.69, 9.17) is 5.73 Å². The molecule has 1 rings (SSSR count). The molecule has 14 heavy (non-hydrogen) atoms. The summed E-state index contributed by atoms with van der Waals surface area (Å²) in [5, 5.41) is 0. The average molecular weight is 204 g/mol. The van der Waals surface area contributed by atoms with Gasteiger partial charge in [0.15, 0.2) is 0 Å². The van der Waals surface area contributed by atoms with E-state index >= 15 is 0 Å². The predicted octanol–water partition coefficient (Wildman–Crippen LogP) is 2.51. The Morgan fingerprint density at radius 3 is 2.57 bits per heavy atom. The number of halogens is 3. The molecule has 2 nitrogen and oxygen atoms in total. The van der Waals surface area contributed by atoms with E-state index in [1.165, 1.54) is 12.1 Å². The SMILES string of the molecule is CC[C@@H](N)c1cccc(C(F)(F)F)n1. The van der Waals surface area contributed by atoms with Crippen LogP contribution in [0, 0.1) is 0 Å². The number of hydrogen-bond acceptors (Lipinski definition) is 2. The number of nitrogens with two attached hydrogens (primary N) is 1. The molecule has 0 saturated heterocycles. The molecule has 0 aliphatic rings. The number of alkyl halides is 3. The van der Waals surface area contributed by atoms with Gasteiger partial charge in [0, 0.05) is 6.04 Å². The zero-order chi connectivity index (χ0) is 10.8. The van der Waals surface area contributed by atoms with Gasteiger partial charge in [0.25, 0.3) is 0 Å². The molecule has 0 radical (unpaired) electrons. The van der Waals surface area contributed by atoms with Crippen LogP contribution in [0.2, 0.25) is 0 Å². The molecule has 0 aliphatic carbocycles. The first kappa shape index (κ1) is 11.0. The van der Waals surface area contributed by atoms with Crippen LogP contribution in [0.25, 0.3) is 0 Å². The minimum Gasteiger partial charge on any atom is -0.323 e. The summed E-state index contributed by atoms with van der Waals surface area (Å²) in [6.07, 6.45) is -3.84. The van der Waals surface area contributed by atoms with Crippen LogP contribution >= 0.6 is 0 Å². The van der Waals surface area contributed by atoms with Gasteiger partial charge in [-0.05, 0) is 18.6 Å². The van der Waals surface area contributed by atoms with Crippen LogP contribution < -0.4 is 5.73 Å². The summed E-state index contributed by atoms with van der Waals surface area (Å²) in [6.45, 7) is 1.80. The second kappa shape index (κ2) is 3.96. The molecule has 0 saturated carbocycles. The quantitative estimate of drug-likeness (QED) is 0.803. The Labute approximate surface area is 79.9 Å². The predicted molar refractivity (Wildman–Crippen MR) is 46.5 cm³/mol. The van der Waals surface area contributed by atoms with E-state index in [-0.39, 0.29) is 5.69 Å². The molecule has 1 aromatic rings. The van der Waals surface area contributed by atoms with Crippen molar-refractivity contribution in [3.8, 4) is 0 Å². The van der Waals surface area contributed by atoms with Crippen molar-refractivity contribution < 1.29 is 13.2 Å². The highest BCUT2D eigenvalue weighted by molar-refractivity contribution is 5.15. The lowest BCUT2D eigenvalue weighted by atomic mass is 10.1. The van der Waals surface area contributed by atoms with Gasteiger partial charge in [-0.25, -0.2) is 4.98 Å². The maximum atomic E-state index is 12.2. The van der Waals surface area contributed by atoms with Gasteiger partial charge >= 0.3 is 6.18 Å². The third kappa shape index (κ3) is 2.45. The minimum absolute atomic E-state index is 0.280. The highest BCUT2D eigenvalue weighted by Crippen LogP contribution is 2.28. The molecule has 2 N–H and O–H groups in total. The van der Waals surface area contributed by atoms with Crippen molar-refractivity contribution >= 4 is 0 Å². The van der Waals surface area contributed by atoms with Gasteiger partial charge in [-0.3, -0.25) is 0 Å². The molecule has 0 aliphatic heterocycles. The molecule has 78 valence electrons. The first-order valence-corrected chi connectivity index (χ1v) is 4.25. The Bertz CT molecular complexity index is 309. The highest BCUT2D eigenvalue weighted by atomic mass is 19.4. The van der Waals surface area contributed by atoms with Crippen LogP contribution in [-0.2, 0) is 6.18 Å². The molecule has 0 unspecified atom stereocenters. The fraction of sp³-hybridized carbons (Fsp3) is 0.444. The Morgan fingerprint density at radius 1 is 1.43 bits per heavy atom. The zero-order valence-corrected chi connectivity index (χ0v) is 7.67. The first-order chi connectivity index (χ1) is 6.45. The fourth-order valence-corrected chi connectivity index (χ4v) is 1.02. The molecular formula is C9H11F3N2. The summed E-state index contributed by atoms with van der Waals surface area (Å²) in [4.78, 5) is 3.46. The van der Waals surface area contributed by atoms with Crippen molar-refractivity contribution in [2.75, 3.05) is 0 Å². The number of pyridine rings is 1.